The predicted octanol–water partition coefficient (Wildman–Crippen LogP) is 11.5. The molecule has 0 saturated carbocycles. The van der Waals surface area contributed by atoms with Gasteiger partial charge in [-0.3, -0.25) is 9.97 Å². The minimum absolute atomic E-state index is 0.115. The molecule has 4 aromatic heterocycles. The van der Waals surface area contributed by atoms with E-state index in [0.717, 1.165) is 56.1 Å². The summed E-state index contributed by atoms with van der Waals surface area (Å²) in [5, 5.41) is 0. The number of fused-ring (bicyclic) bond motifs is 2. The third-order valence-electron chi connectivity index (χ3n) is 10.4. The van der Waals surface area contributed by atoms with Crippen LogP contribution in [-0.4, -0.2) is 19.1 Å². The largest absolute Gasteiger partial charge is 0.458 e. The van der Waals surface area contributed by atoms with E-state index in [1.165, 1.54) is 0 Å². The Bertz CT molecular complexity index is 2590. The first-order valence-electron chi connectivity index (χ1n) is 20.1. The van der Waals surface area contributed by atoms with Gasteiger partial charge in [0.25, 0.3) is 0 Å². The average molecular weight is 769 g/mol. The Morgan fingerprint density at radius 2 is 0.897 bits per heavy atom. The molecule has 4 heterocycles. The minimum atomic E-state index is -0.115. The van der Waals surface area contributed by atoms with Crippen LogP contribution in [0.4, 0.5) is 0 Å². The molecular formula is C50H52N6O2. The van der Waals surface area contributed by atoms with Gasteiger partial charge in [-0.1, -0.05) is 102 Å². The van der Waals surface area contributed by atoms with Crippen molar-refractivity contribution < 1.29 is 18.6 Å². The van der Waals surface area contributed by atoms with Crippen LogP contribution in [0.3, 0.4) is 0 Å². The second-order valence-electron chi connectivity index (χ2n) is 17.7. The maximum absolute atomic E-state index is 6.64. The number of benzene rings is 4. The van der Waals surface area contributed by atoms with Crippen molar-refractivity contribution in [3.05, 3.63) is 145 Å². The summed E-state index contributed by atoms with van der Waals surface area (Å²) in [7, 11) is 0. The van der Waals surface area contributed by atoms with Crippen molar-refractivity contribution in [3.8, 4) is 45.8 Å². The molecule has 294 valence electrons. The molecule has 8 heteroatoms. The van der Waals surface area contributed by atoms with Crippen LogP contribution in [-0.2, 0) is 10.8 Å². The standard InChI is InChI=1S/C50H52N6O2/c1-33(2)53-31-55(47-17-13-11-15-45(47)53)37-23-35(49(5,6)7)25-41(27-37)57-39-19-21-51-43(29-39)44-30-40(20-22-52-44)58-42-26-36(50(8,9)10)24-38(28-42)56-32-54(34(3)4)46-16-12-14-18-48(46)56/h11-30,33-34H,1-10H3. The second-order valence-corrected chi connectivity index (χ2v) is 17.7. The number of imidazole rings is 2. The molecular weight excluding hydrogens is 717 g/mol. The first kappa shape index (κ1) is 38.6. The number of hydrogen-bond donors (Lipinski definition) is 0. The zero-order valence-electron chi connectivity index (χ0n) is 35.2. The number of ether oxygens (including phenoxy) is 2. The van der Waals surface area contributed by atoms with Crippen molar-refractivity contribution in [3.63, 3.8) is 0 Å². The first-order valence-corrected chi connectivity index (χ1v) is 20.1. The topological polar surface area (TPSA) is 61.9 Å². The molecule has 0 aliphatic rings. The van der Waals surface area contributed by atoms with Crippen LogP contribution in [0.5, 0.6) is 23.0 Å². The van der Waals surface area contributed by atoms with Crippen molar-refractivity contribution in [2.45, 2.75) is 92.2 Å². The van der Waals surface area contributed by atoms with Gasteiger partial charge in [-0.25, -0.2) is 0 Å². The molecule has 8 aromatic rings. The van der Waals surface area contributed by atoms with E-state index in [-0.39, 0.29) is 22.9 Å². The van der Waals surface area contributed by atoms with Crippen molar-refractivity contribution in [2.24, 2.45) is 0 Å². The second kappa shape index (κ2) is 14.9. The van der Waals surface area contributed by atoms with E-state index in [2.05, 4.69) is 185 Å². The van der Waals surface area contributed by atoms with E-state index < -0.39 is 0 Å². The Hall–Kier alpha value is -6.28. The summed E-state index contributed by atoms with van der Waals surface area (Å²) in [6, 6.07) is 37.8. The Labute approximate surface area is 342 Å². The van der Waals surface area contributed by atoms with Gasteiger partial charge < -0.3 is 27.7 Å². The predicted molar refractivity (Wildman–Crippen MR) is 230 cm³/mol. The van der Waals surface area contributed by atoms with Gasteiger partial charge in [0.05, 0.1) is 56.9 Å². The first-order chi connectivity index (χ1) is 27.6. The summed E-state index contributed by atoms with van der Waals surface area (Å²) < 4.78 is 21.9. The lowest BCUT2D eigenvalue weighted by Gasteiger charge is -2.22. The van der Waals surface area contributed by atoms with E-state index in [1.807, 2.05) is 24.3 Å². The third kappa shape index (κ3) is 7.71. The van der Waals surface area contributed by atoms with Crippen LogP contribution in [0.2, 0.25) is 0 Å². The Morgan fingerprint density at radius 3 is 1.28 bits per heavy atom. The maximum atomic E-state index is 6.64. The van der Waals surface area contributed by atoms with Gasteiger partial charge in [-0.05, 0) is 86.1 Å². The summed E-state index contributed by atoms with van der Waals surface area (Å²) in [5.74, 6) is 2.77. The van der Waals surface area contributed by atoms with Gasteiger partial charge in [0.15, 0.2) is 0 Å². The Balaban J connectivity index is 1.11. The van der Waals surface area contributed by atoms with Gasteiger partial charge >= 0.3 is 0 Å². The smallest absolute Gasteiger partial charge is 0.244 e. The normalized spacial score (nSPS) is 12.3. The fourth-order valence-electron chi connectivity index (χ4n) is 7.24. The molecule has 0 saturated heterocycles. The molecule has 0 atom stereocenters. The van der Waals surface area contributed by atoms with Gasteiger partial charge in [0, 0.05) is 24.5 Å². The number of pyridine rings is 2. The van der Waals surface area contributed by atoms with Gasteiger partial charge in [-0.2, -0.15) is 0 Å². The molecule has 0 aliphatic carbocycles. The Morgan fingerprint density at radius 1 is 0.500 bits per heavy atom. The highest BCUT2D eigenvalue weighted by molar-refractivity contribution is 5.73. The maximum Gasteiger partial charge on any atom is 0.244 e. The van der Waals surface area contributed by atoms with Crippen molar-refractivity contribution in [2.75, 3.05) is 0 Å². The minimum Gasteiger partial charge on any atom is -0.458 e. The summed E-state index contributed by atoms with van der Waals surface area (Å²) in [6.45, 7) is 22.0. The highest BCUT2D eigenvalue weighted by Gasteiger charge is 2.21. The van der Waals surface area contributed by atoms with Crippen LogP contribution in [0.15, 0.2) is 122 Å². The van der Waals surface area contributed by atoms with Crippen molar-refractivity contribution >= 4 is 22.1 Å². The molecule has 0 bridgehead atoms. The van der Waals surface area contributed by atoms with E-state index in [4.69, 9.17) is 19.4 Å². The van der Waals surface area contributed by atoms with Crippen LogP contribution in [0.1, 0.15) is 92.4 Å². The molecule has 0 N–H and O–H groups in total. The highest BCUT2D eigenvalue weighted by atomic mass is 16.5. The fraction of sp³-hybridized carbons (Fsp3) is 0.280. The van der Waals surface area contributed by atoms with E-state index in [9.17, 15) is 0 Å². The SMILES string of the molecule is CC(C)n1[c-][n+](-c2cc(Oc3ccnc(-c4cc(Oc5cc(-[n+]6[c-]n(C(C)C)c7ccccc76)cc(C(C)(C)C)c5)ccn4)c3)cc(C(C)(C)C)c2)c2ccccc21. The zero-order chi connectivity index (χ0) is 40.9. The Kier molecular flexibility index (Phi) is 9.92. The van der Waals surface area contributed by atoms with E-state index in [1.54, 1.807) is 12.4 Å². The summed E-state index contributed by atoms with van der Waals surface area (Å²) in [6.07, 6.45) is 10.7. The zero-order valence-corrected chi connectivity index (χ0v) is 35.2. The lowest BCUT2D eigenvalue weighted by atomic mass is 9.86. The van der Waals surface area contributed by atoms with Gasteiger partial charge in [-0.15, -0.1) is 0 Å². The quantitative estimate of drug-likeness (QED) is 0.108. The molecule has 8 rings (SSSR count). The van der Waals surface area contributed by atoms with Gasteiger partial charge in [0.1, 0.15) is 23.0 Å². The monoisotopic (exact) mass is 768 g/mol. The average Bonchev–Trinajstić information content (AvgIpc) is 3.78. The molecule has 0 spiro atoms. The molecule has 0 fully saturated rings. The van der Waals surface area contributed by atoms with Gasteiger partial charge in [0.2, 0.25) is 12.7 Å². The molecule has 58 heavy (non-hydrogen) atoms. The molecule has 0 radical (unpaired) electrons. The van der Waals surface area contributed by atoms with E-state index in [0.29, 0.717) is 22.9 Å². The lowest BCUT2D eigenvalue weighted by molar-refractivity contribution is -0.573. The van der Waals surface area contributed by atoms with Crippen LogP contribution in [0, 0.1) is 12.7 Å². The molecule has 0 aliphatic heterocycles. The molecule has 8 nitrogen and oxygen atoms in total. The molecule has 4 aromatic carbocycles. The number of para-hydroxylation sites is 4. The summed E-state index contributed by atoms with van der Waals surface area (Å²) in [4.78, 5) is 9.40. The number of hydrogen-bond acceptors (Lipinski definition) is 4. The van der Waals surface area contributed by atoms with Crippen molar-refractivity contribution in [1.29, 1.82) is 0 Å². The highest BCUT2D eigenvalue weighted by Crippen LogP contribution is 2.35. The number of nitrogens with zero attached hydrogens (tertiary/aromatic N) is 6. The lowest BCUT2D eigenvalue weighted by Crippen LogP contribution is -2.30. The third-order valence-corrected chi connectivity index (χ3v) is 10.4. The number of rotatable bonds is 9. The molecule has 0 unspecified atom stereocenters. The van der Waals surface area contributed by atoms with Crippen LogP contribution in [0.25, 0.3) is 44.8 Å². The summed E-state index contributed by atoms with van der Waals surface area (Å²) >= 11 is 0. The number of aromatic nitrogens is 6. The van der Waals surface area contributed by atoms with E-state index >= 15 is 0 Å². The fourth-order valence-corrected chi connectivity index (χ4v) is 7.24. The summed E-state index contributed by atoms with van der Waals surface area (Å²) in [5.41, 5.74) is 9.84. The molecule has 0 amide bonds. The van der Waals surface area contributed by atoms with Crippen molar-refractivity contribution in [1.82, 2.24) is 19.1 Å². The van der Waals surface area contributed by atoms with Crippen LogP contribution >= 0.6 is 0 Å². The van der Waals surface area contributed by atoms with Crippen LogP contribution < -0.4 is 18.6 Å².